The Hall–Kier alpha value is -4.42. The molecule has 180 valence electrons. The lowest BCUT2D eigenvalue weighted by atomic mass is 10.0. The van der Waals surface area contributed by atoms with Crippen LogP contribution in [-0.2, 0) is 13.0 Å². The number of fused-ring (bicyclic) bond motifs is 1. The first kappa shape index (κ1) is 23.7. The third kappa shape index (κ3) is 3.94. The quantitative estimate of drug-likeness (QED) is 0.177. The average molecular weight is 490 g/mol. The van der Waals surface area contributed by atoms with Crippen molar-refractivity contribution in [3.63, 3.8) is 0 Å². The van der Waals surface area contributed by atoms with Gasteiger partial charge in [0.05, 0.1) is 16.5 Å². The van der Waals surface area contributed by atoms with E-state index < -0.39 is 52.1 Å². The average Bonchev–Trinajstić information content (AvgIpc) is 3.19. The maximum absolute atomic E-state index is 15.3. The topological polar surface area (TPSA) is 114 Å². The largest absolute Gasteiger partial charge is 0.364 e. The highest BCUT2D eigenvalue weighted by molar-refractivity contribution is 5.95. The first-order valence-electron chi connectivity index (χ1n) is 9.95. The van der Waals surface area contributed by atoms with Gasteiger partial charge in [0.1, 0.15) is 28.7 Å². The van der Waals surface area contributed by atoms with Crippen LogP contribution in [-0.4, -0.2) is 33.7 Å². The summed E-state index contributed by atoms with van der Waals surface area (Å²) in [6.07, 6.45) is 1.22. The molecular weight excluding hydrogens is 473 g/mol. The number of carbonyl (C=O) groups is 1. The van der Waals surface area contributed by atoms with Gasteiger partial charge in [-0.25, -0.2) is 13.2 Å². The Balaban J connectivity index is 1.78. The van der Waals surface area contributed by atoms with Crippen molar-refractivity contribution < 1.29 is 31.4 Å². The van der Waals surface area contributed by atoms with Gasteiger partial charge < -0.3 is 11.1 Å². The number of aryl methyl sites for hydroxylation is 1. The van der Waals surface area contributed by atoms with Gasteiger partial charge in [-0.2, -0.15) is 19.3 Å². The molecule has 8 nitrogen and oxygen atoms in total. The Morgan fingerprint density at radius 3 is 2.43 bits per heavy atom. The summed E-state index contributed by atoms with van der Waals surface area (Å²) in [6.45, 7) is 0. The van der Waals surface area contributed by atoms with Crippen molar-refractivity contribution in [1.29, 1.82) is 5.41 Å². The van der Waals surface area contributed by atoms with E-state index in [1.54, 1.807) is 0 Å². The lowest BCUT2D eigenvalue weighted by Gasteiger charge is -2.16. The van der Waals surface area contributed by atoms with Crippen LogP contribution in [0, 0.1) is 22.9 Å². The van der Waals surface area contributed by atoms with Gasteiger partial charge in [0.25, 0.3) is 5.91 Å². The summed E-state index contributed by atoms with van der Waals surface area (Å²) in [4.78, 5) is 11.7. The summed E-state index contributed by atoms with van der Waals surface area (Å²) in [5.41, 5.74) is 3.50. The second-order valence-electron chi connectivity index (χ2n) is 7.53. The highest BCUT2D eigenvalue weighted by atomic mass is 19.3. The second-order valence-corrected chi connectivity index (χ2v) is 7.53. The molecule has 13 heteroatoms. The summed E-state index contributed by atoms with van der Waals surface area (Å²) in [5, 5.41) is 17.8. The molecule has 1 amide bonds. The molecule has 0 aliphatic heterocycles. The normalized spacial score (nSPS) is 11.6. The number of nitrogens with one attached hydrogen (secondary N) is 2. The van der Waals surface area contributed by atoms with E-state index in [1.807, 2.05) is 0 Å². The standard InChI is InChI=1S/C22H16F5N7O/c1-30-20(35)18-13(23)7-10(8-14(18)24)15-5-6-17(28)34(32-15)21(29)22(26,27)12-3-4-16-11(19(12)25)9-33(2)31-16/h3-9,28-29H,1-2H3,(H,30,35)/p+1. The molecule has 0 aliphatic carbocycles. The molecule has 0 saturated carbocycles. The summed E-state index contributed by atoms with van der Waals surface area (Å²) in [7, 11) is 2.69. The molecular formula is C22H17F5N7O+. The minimum Gasteiger partial charge on any atom is -0.355 e. The number of hydrogen-bond acceptors (Lipinski definition) is 5. The van der Waals surface area contributed by atoms with Crippen molar-refractivity contribution >= 4 is 28.5 Å². The van der Waals surface area contributed by atoms with Gasteiger partial charge in [-0.15, -0.1) is 9.78 Å². The second kappa shape index (κ2) is 8.42. The first-order valence-corrected chi connectivity index (χ1v) is 9.95. The number of nitrogen functional groups attached to an aromatic ring is 1. The molecule has 35 heavy (non-hydrogen) atoms. The number of rotatable bonds is 4. The predicted molar refractivity (Wildman–Crippen MR) is 115 cm³/mol. The van der Waals surface area contributed by atoms with Crippen molar-refractivity contribution in [2.24, 2.45) is 7.05 Å². The summed E-state index contributed by atoms with van der Waals surface area (Å²) >= 11 is 0. The number of halogens is 5. The van der Waals surface area contributed by atoms with E-state index >= 15 is 8.78 Å². The van der Waals surface area contributed by atoms with E-state index in [0.29, 0.717) is 4.68 Å². The predicted octanol–water partition coefficient (Wildman–Crippen LogP) is 2.90. The van der Waals surface area contributed by atoms with E-state index in [0.717, 1.165) is 24.3 Å². The molecule has 0 unspecified atom stereocenters. The maximum Gasteiger partial charge on any atom is 0.364 e. The Kier molecular flexibility index (Phi) is 5.71. The molecule has 0 spiro atoms. The molecule has 4 N–H and O–H groups in total. The molecule has 0 bridgehead atoms. The van der Waals surface area contributed by atoms with Crippen LogP contribution in [0.25, 0.3) is 22.2 Å². The molecule has 0 atom stereocenters. The minimum atomic E-state index is -4.20. The molecule has 2 heterocycles. The number of amides is 1. The molecule has 0 fully saturated rings. The lowest BCUT2D eigenvalue weighted by Crippen LogP contribution is -2.55. The third-order valence-electron chi connectivity index (χ3n) is 5.24. The number of nitrogens with two attached hydrogens (primary N) is 1. The van der Waals surface area contributed by atoms with Crippen molar-refractivity contribution in [1.82, 2.24) is 20.2 Å². The Morgan fingerprint density at radius 1 is 1.14 bits per heavy atom. The number of anilines is 1. The summed E-state index contributed by atoms with van der Waals surface area (Å²) in [6, 6.07) is 5.85. The van der Waals surface area contributed by atoms with E-state index in [1.165, 1.54) is 37.1 Å². The summed E-state index contributed by atoms with van der Waals surface area (Å²) in [5.74, 6) is -10.8. The molecule has 0 aliphatic rings. The molecule has 4 rings (SSSR count). The van der Waals surface area contributed by atoms with Crippen LogP contribution in [0.15, 0.2) is 42.6 Å². The van der Waals surface area contributed by atoms with Crippen LogP contribution in [0.1, 0.15) is 15.9 Å². The Morgan fingerprint density at radius 2 is 1.80 bits per heavy atom. The van der Waals surface area contributed by atoms with E-state index in [4.69, 9.17) is 11.1 Å². The Bertz CT molecular complexity index is 1490. The van der Waals surface area contributed by atoms with Crippen LogP contribution >= 0.6 is 0 Å². The van der Waals surface area contributed by atoms with Crippen molar-refractivity contribution in [3.8, 4) is 11.3 Å². The fraction of sp³-hybridized carbons (Fsp3) is 0.136. The Labute approximate surface area is 194 Å². The number of carbonyl (C=O) groups excluding carboxylic acids is 1. The van der Waals surface area contributed by atoms with Gasteiger partial charge in [0, 0.05) is 31.9 Å². The number of alkyl halides is 2. The fourth-order valence-corrected chi connectivity index (χ4v) is 3.51. The van der Waals surface area contributed by atoms with Crippen LogP contribution in [0.2, 0.25) is 0 Å². The number of aromatic nitrogens is 4. The van der Waals surface area contributed by atoms with Crippen molar-refractivity contribution in [2.45, 2.75) is 5.92 Å². The highest BCUT2D eigenvalue weighted by Gasteiger charge is 2.47. The maximum atomic E-state index is 15.3. The number of hydrogen-bond donors (Lipinski definition) is 3. The van der Waals surface area contributed by atoms with Gasteiger partial charge in [-0.05, 0) is 30.3 Å². The van der Waals surface area contributed by atoms with E-state index in [9.17, 15) is 18.0 Å². The van der Waals surface area contributed by atoms with Crippen LogP contribution in [0.4, 0.5) is 27.8 Å². The molecule has 0 saturated heterocycles. The van der Waals surface area contributed by atoms with Crippen LogP contribution in [0.3, 0.4) is 0 Å². The first-order chi connectivity index (χ1) is 16.4. The fourth-order valence-electron chi connectivity index (χ4n) is 3.51. The van der Waals surface area contributed by atoms with Gasteiger partial charge in [-0.1, -0.05) is 0 Å². The SMILES string of the molecule is CNC(=O)c1c(F)cc(-c2ccc(N)[n+](C(=N)C(F)(F)c3ccc4nn(C)cc4c3F)n2)cc1F. The molecule has 2 aromatic carbocycles. The lowest BCUT2D eigenvalue weighted by molar-refractivity contribution is -0.616. The van der Waals surface area contributed by atoms with Gasteiger partial charge in [-0.3, -0.25) is 9.48 Å². The highest BCUT2D eigenvalue weighted by Crippen LogP contribution is 2.34. The van der Waals surface area contributed by atoms with Crippen molar-refractivity contribution in [3.05, 3.63) is 71.2 Å². The van der Waals surface area contributed by atoms with Crippen LogP contribution < -0.4 is 15.7 Å². The zero-order chi connectivity index (χ0) is 25.7. The van der Waals surface area contributed by atoms with E-state index in [-0.39, 0.29) is 22.2 Å². The summed E-state index contributed by atoms with van der Waals surface area (Å²) < 4.78 is 75.8. The van der Waals surface area contributed by atoms with Crippen molar-refractivity contribution in [2.75, 3.05) is 12.8 Å². The van der Waals surface area contributed by atoms with Crippen LogP contribution in [0.5, 0.6) is 0 Å². The van der Waals surface area contributed by atoms with Gasteiger partial charge >= 0.3 is 11.8 Å². The third-order valence-corrected chi connectivity index (χ3v) is 5.24. The minimum absolute atomic E-state index is 0.146. The number of benzene rings is 2. The number of nitrogens with zero attached hydrogens (tertiary/aromatic N) is 4. The van der Waals surface area contributed by atoms with E-state index in [2.05, 4.69) is 15.5 Å². The smallest absolute Gasteiger partial charge is 0.355 e. The van der Waals surface area contributed by atoms with Gasteiger partial charge in [0.15, 0.2) is 0 Å². The molecule has 4 aromatic rings. The molecule has 2 aromatic heterocycles. The zero-order valence-electron chi connectivity index (χ0n) is 18.2. The monoisotopic (exact) mass is 490 g/mol. The van der Waals surface area contributed by atoms with Gasteiger partial charge in [0.2, 0.25) is 5.82 Å². The molecule has 0 radical (unpaired) electrons. The zero-order valence-corrected chi connectivity index (χ0v) is 18.2.